The van der Waals surface area contributed by atoms with Crippen LogP contribution in [0, 0.1) is 0 Å². The molecule has 0 aliphatic carbocycles. The van der Waals surface area contributed by atoms with Gasteiger partial charge in [-0.1, -0.05) is 40.0 Å². The zero-order valence-electron chi connectivity index (χ0n) is 12.3. The van der Waals surface area contributed by atoms with Gasteiger partial charge < -0.3 is 26.8 Å². The van der Waals surface area contributed by atoms with Crippen LogP contribution in [0.25, 0.3) is 0 Å². The van der Waals surface area contributed by atoms with E-state index in [9.17, 15) is 0 Å². The van der Waals surface area contributed by atoms with Gasteiger partial charge in [-0.3, -0.25) is 0 Å². The van der Waals surface area contributed by atoms with Gasteiger partial charge in [-0.2, -0.15) is 0 Å². The van der Waals surface area contributed by atoms with Gasteiger partial charge in [-0.05, 0) is 38.9 Å². The summed E-state index contributed by atoms with van der Waals surface area (Å²) in [4.78, 5) is 2.64. The van der Waals surface area contributed by atoms with Crippen molar-refractivity contribution in [3.63, 3.8) is 0 Å². The second kappa shape index (κ2) is 30.5. The normalized spacial score (nSPS) is 8.00. The van der Waals surface area contributed by atoms with E-state index < -0.39 is 0 Å². The monoisotopic (exact) mass is 305 g/mol. The minimum atomic E-state index is 0. The van der Waals surface area contributed by atoms with Gasteiger partial charge in [0.25, 0.3) is 0 Å². The van der Waals surface area contributed by atoms with Crippen LogP contribution in [0.3, 0.4) is 0 Å². The molecule has 0 heterocycles. The van der Waals surface area contributed by atoms with Gasteiger partial charge in [-0.15, -0.1) is 0 Å². The second-order valence-electron chi connectivity index (χ2n) is 3.90. The Morgan fingerprint density at radius 2 is 0.778 bits per heavy atom. The van der Waals surface area contributed by atoms with Crippen LogP contribution in [-0.2, 0) is 21.7 Å². The van der Waals surface area contributed by atoms with Crippen LogP contribution in [0.4, 0.5) is 0 Å². The van der Waals surface area contributed by atoms with E-state index in [4.69, 9.17) is 0 Å². The maximum Gasteiger partial charge on any atom is 0 e. The van der Waals surface area contributed by atoms with E-state index in [0.29, 0.717) is 0 Å². The predicted molar refractivity (Wildman–Crippen MR) is 75.6 cm³/mol. The molecule has 0 saturated heterocycles. The maximum atomic E-state index is 2.64. The minimum Gasteiger partial charge on any atom is -0.412 e. The van der Waals surface area contributed by atoms with Crippen molar-refractivity contribution in [2.24, 2.45) is 0 Å². The first kappa shape index (κ1) is 36.3. The van der Waals surface area contributed by atoms with E-state index >= 15 is 0 Å². The summed E-state index contributed by atoms with van der Waals surface area (Å²) in [5, 5.41) is 0. The third kappa shape index (κ3) is 25.4. The molecule has 116 valence electrons. The molecule has 0 aromatic heterocycles. The molecule has 0 aliphatic rings. The Morgan fingerprint density at radius 1 is 0.556 bits per heavy atom. The summed E-state index contributed by atoms with van der Waals surface area (Å²) in [7, 11) is 0. The van der Waals surface area contributed by atoms with Gasteiger partial charge in [-0.25, -0.2) is 0 Å². The number of rotatable bonds is 9. The minimum absolute atomic E-state index is 0. The van der Waals surface area contributed by atoms with E-state index in [0.717, 1.165) is 0 Å². The first-order chi connectivity index (χ1) is 6.35. The summed E-state index contributed by atoms with van der Waals surface area (Å²) >= 11 is 0. The van der Waals surface area contributed by atoms with Crippen LogP contribution in [0.1, 0.15) is 59.3 Å². The first-order valence-corrected chi connectivity index (χ1v) is 6.07. The molecule has 0 saturated carbocycles. The summed E-state index contributed by atoms with van der Waals surface area (Å²) in [6, 6.07) is 0. The van der Waals surface area contributed by atoms with E-state index in [1.165, 1.54) is 58.2 Å². The number of unbranched alkanes of at least 4 members (excludes halogenated alkanes) is 3. The standard InChI is InChI=1S/C12H27N.4H2O.Ti/c1-4-7-10-13(11-8-5-2)12-9-6-3;;;;;/h4-12H2,1-3H3;4*1H2;. The zero-order valence-corrected chi connectivity index (χ0v) is 13.9. The predicted octanol–water partition coefficient (Wildman–Crippen LogP) is 0.387. The van der Waals surface area contributed by atoms with Crippen molar-refractivity contribution in [2.45, 2.75) is 59.3 Å². The molecule has 0 spiro atoms. The first-order valence-electron chi connectivity index (χ1n) is 6.07. The molecule has 0 aromatic rings. The van der Waals surface area contributed by atoms with Gasteiger partial charge >= 0.3 is 0 Å². The maximum absolute atomic E-state index is 2.64. The summed E-state index contributed by atoms with van der Waals surface area (Å²) in [6.45, 7) is 10.8. The molecule has 0 fully saturated rings. The molecular formula is C12H35NO4Ti. The number of hydrogen-bond acceptors (Lipinski definition) is 1. The van der Waals surface area contributed by atoms with Crippen molar-refractivity contribution < 1.29 is 43.6 Å². The van der Waals surface area contributed by atoms with Crippen LogP contribution in [0.15, 0.2) is 0 Å². The van der Waals surface area contributed by atoms with Gasteiger partial charge in [0.2, 0.25) is 0 Å². The molecule has 0 aliphatic heterocycles. The van der Waals surface area contributed by atoms with Crippen LogP contribution >= 0.6 is 0 Å². The molecule has 0 atom stereocenters. The van der Waals surface area contributed by atoms with Crippen LogP contribution in [0.2, 0.25) is 0 Å². The van der Waals surface area contributed by atoms with Gasteiger partial charge in [0, 0.05) is 21.7 Å². The Bertz CT molecular complexity index is 91.1. The molecule has 0 rings (SSSR count). The fourth-order valence-electron chi connectivity index (χ4n) is 1.48. The molecular weight excluding hydrogens is 270 g/mol. The van der Waals surface area contributed by atoms with Gasteiger partial charge in [0.05, 0.1) is 0 Å². The summed E-state index contributed by atoms with van der Waals surface area (Å²) < 4.78 is 0. The molecule has 18 heavy (non-hydrogen) atoms. The fourth-order valence-corrected chi connectivity index (χ4v) is 1.48. The van der Waals surface area contributed by atoms with Crippen molar-refractivity contribution in [3.8, 4) is 0 Å². The van der Waals surface area contributed by atoms with Crippen molar-refractivity contribution in [3.05, 3.63) is 0 Å². The van der Waals surface area contributed by atoms with Crippen LogP contribution in [0.5, 0.6) is 0 Å². The SMILES string of the molecule is CCCCN(CCCC)CCCC.O.O.O.O.[Ti]. The summed E-state index contributed by atoms with van der Waals surface area (Å²) in [6.07, 6.45) is 8.09. The Labute approximate surface area is 127 Å². The largest absolute Gasteiger partial charge is 0.412 e. The fraction of sp³-hybridized carbons (Fsp3) is 1.00. The molecule has 6 heteroatoms. The zero-order chi connectivity index (χ0) is 9.94. The average molecular weight is 305 g/mol. The smallest absolute Gasteiger partial charge is 0 e. The van der Waals surface area contributed by atoms with E-state index in [1.807, 2.05) is 0 Å². The Kier molecular flexibility index (Phi) is 61.4. The van der Waals surface area contributed by atoms with Crippen LogP contribution < -0.4 is 0 Å². The molecule has 0 amide bonds. The van der Waals surface area contributed by atoms with Crippen molar-refractivity contribution in [2.75, 3.05) is 19.6 Å². The number of hydrogen-bond donors (Lipinski definition) is 0. The molecule has 5 nitrogen and oxygen atoms in total. The third-order valence-electron chi connectivity index (χ3n) is 2.48. The second-order valence-corrected chi connectivity index (χ2v) is 3.90. The van der Waals surface area contributed by atoms with E-state index in [2.05, 4.69) is 25.7 Å². The average Bonchev–Trinajstić information content (AvgIpc) is 2.17. The molecule has 0 aromatic carbocycles. The van der Waals surface area contributed by atoms with Crippen molar-refractivity contribution in [1.82, 2.24) is 4.90 Å². The Hall–Kier alpha value is 0.514. The van der Waals surface area contributed by atoms with Gasteiger partial charge in [0.15, 0.2) is 0 Å². The van der Waals surface area contributed by atoms with E-state index in [-0.39, 0.29) is 43.6 Å². The number of nitrogens with zero attached hydrogens (tertiary/aromatic N) is 1. The quantitative estimate of drug-likeness (QED) is 0.560. The molecule has 0 unspecified atom stereocenters. The molecule has 8 N–H and O–H groups in total. The Morgan fingerprint density at radius 3 is 0.944 bits per heavy atom. The summed E-state index contributed by atoms with van der Waals surface area (Å²) in [5.74, 6) is 0. The summed E-state index contributed by atoms with van der Waals surface area (Å²) in [5.41, 5.74) is 0. The molecule has 0 bridgehead atoms. The van der Waals surface area contributed by atoms with Crippen molar-refractivity contribution in [1.29, 1.82) is 0 Å². The third-order valence-corrected chi connectivity index (χ3v) is 2.48. The van der Waals surface area contributed by atoms with Crippen LogP contribution in [-0.4, -0.2) is 46.4 Å². The molecule has 0 radical (unpaired) electrons. The van der Waals surface area contributed by atoms with Crippen molar-refractivity contribution >= 4 is 0 Å². The topological polar surface area (TPSA) is 129 Å². The van der Waals surface area contributed by atoms with Gasteiger partial charge in [0.1, 0.15) is 0 Å². The van der Waals surface area contributed by atoms with E-state index in [1.54, 1.807) is 0 Å². The Balaban J connectivity index is -0.0000000720.